The summed E-state index contributed by atoms with van der Waals surface area (Å²) in [6, 6.07) is 14.0. The van der Waals surface area contributed by atoms with Gasteiger partial charge < -0.3 is 20.1 Å². The lowest BCUT2D eigenvalue weighted by molar-refractivity contribution is 0.198. The molecule has 0 spiro atoms. The summed E-state index contributed by atoms with van der Waals surface area (Å²) in [5.41, 5.74) is 4.94. The summed E-state index contributed by atoms with van der Waals surface area (Å²) in [5, 5.41) is 16.6. The van der Waals surface area contributed by atoms with Crippen LogP contribution >= 0.6 is 23.1 Å². The number of thiophene rings is 1. The number of nitrogens with one attached hydrogen (secondary N) is 2. The van der Waals surface area contributed by atoms with Crippen molar-refractivity contribution < 1.29 is 9.47 Å². The minimum atomic E-state index is 0.472. The molecule has 0 aliphatic rings. The van der Waals surface area contributed by atoms with Crippen molar-refractivity contribution >= 4 is 34.7 Å². The maximum Gasteiger partial charge on any atom is 0.227 e. The molecule has 0 fully saturated rings. The van der Waals surface area contributed by atoms with Gasteiger partial charge in [-0.2, -0.15) is 5.26 Å². The first kappa shape index (κ1) is 27.5. The molecule has 4 rings (SSSR count). The summed E-state index contributed by atoms with van der Waals surface area (Å²) in [7, 11) is 1.70. The lowest BCUT2D eigenvalue weighted by Crippen LogP contribution is -2.21. The van der Waals surface area contributed by atoms with Crippen molar-refractivity contribution in [2.45, 2.75) is 17.6 Å². The zero-order valence-electron chi connectivity index (χ0n) is 21.7. The highest BCUT2D eigenvalue weighted by molar-refractivity contribution is 8.00. The minimum Gasteiger partial charge on any atom is -0.493 e. The van der Waals surface area contributed by atoms with E-state index in [2.05, 4.69) is 26.7 Å². The normalized spacial score (nSPS) is 10.8. The average molecular weight is 547 g/mol. The Labute approximate surface area is 231 Å². The molecule has 0 aliphatic carbocycles. The Hall–Kier alpha value is -3.49. The first-order valence-electron chi connectivity index (χ1n) is 12.2. The summed E-state index contributed by atoms with van der Waals surface area (Å²) in [6.45, 7) is 5.00. The van der Waals surface area contributed by atoms with Gasteiger partial charge in [-0.3, -0.25) is 4.98 Å². The van der Waals surface area contributed by atoms with Crippen molar-refractivity contribution in [1.29, 1.82) is 5.26 Å². The van der Waals surface area contributed by atoms with Crippen LogP contribution in [0.3, 0.4) is 0 Å². The largest absolute Gasteiger partial charge is 0.493 e. The molecule has 0 radical (unpaired) electrons. The number of nitrogens with zero attached hydrogens (tertiary/aromatic N) is 4. The number of methoxy groups -OCH3 is 1. The standard InChI is InChI=1S/C28H30N6O2S2/c1-19-17-32-28(33-21-8-4-9-22(15-21)36-13-6-11-30-12-14-35-2)34-25(19)26-24(20-7-5-10-31-18-20)23(16-29)27(37-3)38-26/h4-5,7-10,15,17-18,30H,6,11-14H2,1-3H3,(H,32,33,34). The molecule has 8 nitrogen and oxygen atoms in total. The Balaban J connectivity index is 1.54. The van der Waals surface area contributed by atoms with Crippen LogP contribution in [0.2, 0.25) is 0 Å². The Morgan fingerprint density at radius 3 is 2.79 bits per heavy atom. The van der Waals surface area contributed by atoms with Crippen molar-refractivity contribution in [1.82, 2.24) is 20.3 Å². The van der Waals surface area contributed by atoms with E-state index in [0.29, 0.717) is 24.7 Å². The van der Waals surface area contributed by atoms with Gasteiger partial charge in [-0.15, -0.1) is 23.1 Å². The lowest BCUT2D eigenvalue weighted by atomic mass is 10.0. The van der Waals surface area contributed by atoms with Crippen LogP contribution in [0.25, 0.3) is 21.7 Å². The number of hydrogen-bond acceptors (Lipinski definition) is 10. The molecular weight excluding hydrogens is 516 g/mol. The van der Waals surface area contributed by atoms with Crippen LogP contribution < -0.4 is 15.4 Å². The number of aryl methyl sites for hydroxylation is 1. The molecule has 2 N–H and O–H groups in total. The zero-order chi connectivity index (χ0) is 26.7. The molecule has 0 bridgehead atoms. The van der Waals surface area contributed by atoms with Crippen LogP contribution in [0.15, 0.2) is 59.2 Å². The second-order valence-electron chi connectivity index (χ2n) is 8.35. The van der Waals surface area contributed by atoms with Gasteiger partial charge in [0, 0.05) is 55.1 Å². The molecule has 196 valence electrons. The van der Waals surface area contributed by atoms with Crippen LogP contribution in [0.4, 0.5) is 11.6 Å². The number of anilines is 2. The monoisotopic (exact) mass is 546 g/mol. The third-order valence-electron chi connectivity index (χ3n) is 5.65. The fraction of sp³-hybridized carbons (Fsp3) is 0.286. The molecule has 4 aromatic rings. The van der Waals surface area contributed by atoms with Crippen LogP contribution in [-0.4, -0.2) is 54.6 Å². The Morgan fingerprint density at radius 2 is 2.03 bits per heavy atom. The smallest absolute Gasteiger partial charge is 0.227 e. The van der Waals surface area contributed by atoms with E-state index in [1.165, 1.54) is 0 Å². The first-order valence-corrected chi connectivity index (χ1v) is 14.2. The van der Waals surface area contributed by atoms with Gasteiger partial charge in [0.05, 0.1) is 33.6 Å². The molecule has 0 saturated carbocycles. The minimum absolute atomic E-state index is 0.472. The molecule has 38 heavy (non-hydrogen) atoms. The summed E-state index contributed by atoms with van der Waals surface area (Å²) in [6.07, 6.45) is 8.20. The number of ether oxygens (including phenoxy) is 2. The SMILES string of the molecule is COCCNCCCOc1cccc(Nc2ncc(C)c(-c3sc(SC)c(C#N)c3-c3cccnc3)n2)c1. The highest BCUT2D eigenvalue weighted by Gasteiger charge is 2.23. The summed E-state index contributed by atoms with van der Waals surface area (Å²) < 4.78 is 11.9. The molecule has 0 saturated heterocycles. The van der Waals surface area contributed by atoms with E-state index >= 15 is 0 Å². The highest BCUT2D eigenvalue weighted by Crippen LogP contribution is 2.46. The van der Waals surface area contributed by atoms with Crippen molar-refractivity contribution in [3.05, 3.63) is 66.1 Å². The number of hydrogen-bond donors (Lipinski definition) is 2. The van der Waals surface area contributed by atoms with Crippen molar-refractivity contribution in [3.63, 3.8) is 0 Å². The van der Waals surface area contributed by atoms with Crippen LogP contribution in [0.1, 0.15) is 17.5 Å². The van der Waals surface area contributed by atoms with Gasteiger partial charge in [0.25, 0.3) is 0 Å². The third kappa shape index (κ3) is 6.88. The molecule has 0 unspecified atom stereocenters. The fourth-order valence-corrected chi connectivity index (χ4v) is 5.82. The van der Waals surface area contributed by atoms with Crippen molar-refractivity contribution in [2.24, 2.45) is 0 Å². The van der Waals surface area contributed by atoms with E-state index in [4.69, 9.17) is 14.5 Å². The second-order valence-corrected chi connectivity index (χ2v) is 10.4. The fourth-order valence-electron chi connectivity index (χ4n) is 3.82. The Kier molecular flexibility index (Phi) is 10.1. The lowest BCUT2D eigenvalue weighted by Gasteiger charge is -2.12. The molecule has 10 heteroatoms. The Bertz CT molecular complexity index is 1390. The predicted molar refractivity (Wildman–Crippen MR) is 154 cm³/mol. The van der Waals surface area contributed by atoms with Gasteiger partial charge in [0.15, 0.2) is 0 Å². The maximum atomic E-state index is 9.98. The topological polar surface area (TPSA) is 105 Å². The van der Waals surface area contributed by atoms with E-state index < -0.39 is 0 Å². The summed E-state index contributed by atoms with van der Waals surface area (Å²) >= 11 is 3.13. The van der Waals surface area contributed by atoms with E-state index in [-0.39, 0.29) is 0 Å². The second kappa shape index (κ2) is 13.9. The van der Waals surface area contributed by atoms with Crippen molar-refractivity contribution in [3.8, 4) is 33.5 Å². The zero-order valence-corrected chi connectivity index (χ0v) is 23.3. The van der Waals surface area contributed by atoms with Crippen LogP contribution in [0.5, 0.6) is 5.75 Å². The van der Waals surface area contributed by atoms with Gasteiger partial charge in [-0.1, -0.05) is 12.1 Å². The van der Waals surface area contributed by atoms with Gasteiger partial charge in [-0.05, 0) is 49.9 Å². The van der Waals surface area contributed by atoms with E-state index in [1.54, 1.807) is 48.8 Å². The van der Waals surface area contributed by atoms with Crippen LogP contribution in [0, 0.1) is 18.3 Å². The molecule has 0 atom stereocenters. The van der Waals surface area contributed by atoms with Gasteiger partial charge in [0.1, 0.15) is 11.8 Å². The van der Waals surface area contributed by atoms with Gasteiger partial charge in [-0.25, -0.2) is 9.97 Å². The van der Waals surface area contributed by atoms with E-state index in [0.717, 1.165) is 62.4 Å². The molecule has 3 aromatic heterocycles. The number of aromatic nitrogens is 3. The number of rotatable bonds is 13. The summed E-state index contributed by atoms with van der Waals surface area (Å²) in [4.78, 5) is 14.6. The number of pyridine rings is 1. The number of nitriles is 1. The molecule has 0 aliphatic heterocycles. The van der Waals surface area contributed by atoms with E-state index in [9.17, 15) is 5.26 Å². The average Bonchev–Trinajstić information content (AvgIpc) is 3.33. The Morgan fingerprint density at radius 1 is 1.13 bits per heavy atom. The maximum absolute atomic E-state index is 9.98. The first-order chi connectivity index (χ1) is 18.6. The van der Waals surface area contributed by atoms with Crippen molar-refractivity contribution in [2.75, 3.05) is 45.0 Å². The third-order valence-corrected chi connectivity index (χ3v) is 7.97. The quantitative estimate of drug-likeness (QED) is 0.156. The predicted octanol–water partition coefficient (Wildman–Crippen LogP) is 5.92. The highest BCUT2D eigenvalue weighted by atomic mass is 32.2. The molecular formula is C28H30N6O2S2. The molecule has 0 amide bonds. The number of thioether (sulfide) groups is 1. The van der Waals surface area contributed by atoms with Crippen LogP contribution in [-0.2, 0) is 4.74 Å². The van der Waals surface area contributed by atoms with Gasteiger partial charge >= 0.3 is 0 Å². The summed E-state index contributed by atoms with van der Waals surface area (Å²) in [5.74, 6) is 1.25. The molecule has 1 aromatic carbocycles. The van der Waals surface area contributed by atoms with E-state index in [1.807, 2.05) is 49.6 Å². The molecule has 3 heterocycles. The number of benzene rings is 1. The van der Waals surface area contributed by atoms with Gasteiger partial charge in [0.2, 0.25) is 5.95 Å².